The Balaban J connectivity index is 1.41. The Morgan fingerprint density at radius 3 is 2.28 bits per heavy atom. The van der Waals surface area contributed by atoms with Crippen LogP contribution in [0.3, 0.4) is 0 Å². The predicted molar refractivity (Wildman–Crippen MR) is 160 cm³/mol. The van der Waals surface area contributed by atoms with Crippen LogP contribution in [0, 0.1) is 11.3 Å². The molecule has 9 nitrogen and oxygen atoms in total. The van der Waals surface area contributed by atoms with Crippen LogP contribution in [0.4, 0.5) is 27.6 Å². The number of hydrogen-bond acceptors (Lipinski definition) is 8. The molecule has 1 heterocycles. The van der Waals surface area contributed by atoms with Crippen LogP contribution >= 0.6 is 0 Å². The van der Waals surface area contributed by atoms with E-state index in [0.717, 1.165) is 0 Å². The van der Waals surface area contributed by atoms with Gasteiger partial charge in [-0.25, -0.2) is 8.42 Å². The van der Waals surface area contributed by atoms with Crippen LogP contribution in [-0.2, 0) is 25.9 Å². The highest BCUT2D eigenvalue weighted by Gasteiger charge is 2.34. The average molecular weight is 682 g/mol. The van der Waals surface area contributed by atoms with Gasteiger partial charge in [-0.3, -0.25) is 4.79 Å². The van der Waals surface area contributed by atoms with E-state index < -0.39 is 46.9 Å². The molecule has 0 bridgehead atoms. The standard InChI is InChI=1S/C32H32F5N3O6S/c1-2-47(42,43)28-13-7-22(8-14-28)29(15-16-38)39-30(41)23-5-9-24(10-6-23)40-18-27(17-25(40)20-45-31(33)34)44-19-21-3-11-26(12-4-21)46-32(35,36)37/h3-14,25,27,29,31H,2,15,17-20H2,1H3,(H,39,41)/t25-,27?,29-/m0/s1. The molecule has 0 saturated carbocycles. The molecule has 0 aliphatic carbocycles. The molecule has 1 unspecified atom stereocenters. The van der Waals surface area contributed by atoms with E-state index in [2.05, 4.69) is 14.8 Å². The number of amides is 1. The summed E-state index contributed by atoms with van der Waals surface area (Å²) in [5.41, 5.74) is 2.03. The molecule has 1 amide bonds. The van der Waals surface area contributed by atoms with Crippen LogP contribution < -0.4 is 15.0 Å². The third kappa shape index (κ3) is 10.1. The van der Waals surface area contributed by atoms with Crippen LogP contribution in [-0.4, -0.2) is 58.3 Å². The molecular formula is C32H32F5N3O6S. The van der Waals surface area contributed by atoms with Gasteiger partial charge in [0.1, 0.15) is 5.75 Å². The molecule has 47 heavy (non-hydrogen) atoms. The van der Waals surface area contributed by atoms with Gasteiger partial charge in [-0.05, 0) is 66.1 Å². The zero-order chi connectivity index (χ0) is 34.2. The third-order valence-electron chi connectivity index (χ3n) is 7.52. The molecule has 4 rings (SSSR count). The summed E-state index contributed by atoms with van der Waals surface area (Å²) in [5, 5.41) is 12.1. The number of alkyl halides is 5. The molecule has 252 valence electrons. The molecule has 3 aromatic carbocycles. The molecule has 1 fully saturated rings. The van der Waals surface area contributed by atoms with Gasteiger partial charge in [0.15, 0.2) is 9.84 Å². The summed E-state index contributed by atoms with van der Waals surface area (Å²) in [6.07, 6.45) is -4.95. The maximum absolute atomic E-state index is 13.1. The lowest BCUT2D eigenvalue weighted by Crippen LogP contribution is -2.34. The predicted octanol–water partition coefficient (Wildman–Crippen LogP) is 6.17. The number of sulfone groups is 1. The number of carbonyl (C=O) groups is 1. The zero-order valence-electron chi connectivity index (χ0n) is 25.1. The van der Waals surface area contributed by atoms with Gasteiger partial charge in [0.2, 0.25) is 0 Å². The first-order chi connectivity index (χ1) is 22.3. The third-order valence-corrected chi connectivity index (χ3v) is 9.27. The number of nitriles is 1. The molecule has 0 spiro atoms. The van der Waals surface area contributed by atoms with Crippen molar-refractivity contribution in [2.24, 2.45) is 0 Å². The van der Waals surface area contributed by atoms with Gasteiger partial charge in [-0.15, -0.1) is 13.2 Å². The normalized spacial score (nSPS) is 17.4. The second-order valence-electron chi connectivity index (χ2n) is 10.7. The highest BCUT2D eigenvalue weighted by Crippen LogP contribution is 2.30. The van der Waals surface area contributed by atoms with Crippen molar-refractivity contribution in [1.29, 1.82) is 5.26 Å². The fraction of sp³-hybridized carbons (Fsp3) is 0.375. The molecule has 0 aromatic heterocycles. The molecule has 0 radical (unpaired) electrons. The van der Waals surface area contributed by atoms with E-state index in [4.69, 9.17) is 4.74 Å². The molecule has 1 N–H and O–H groups in total. The maximum Gasteiger partial charge on any atom is 0.573 e. The van der Waals surface area contributed by atoms with Crippen molar-refractivity contribution in [3.05, 3.63) is 89.5 Å². The smallest absolute Gasteiger partial charge is 0.406 e. The first-order valence-corrected chi connectivity index (χ1v) is 16.2. The summed E-state index contributed by atoms with van der Waals surface area (Å²) in [5.74, 6) is -0.907. The Morgan fingerprint density at radius 2 is 1.70 bits per heavy atom. The molecule has 1 aliphatic rings. The lowest BCUT2D eigenvalue weighted by Gasteiger charge is -2.26. The number of rotatable bonds is 14. The van der Waals surface area contributed by atoms with Crippen molar-refractivity contribution in [3.63, 3.8) is 0 Å². The van der Waals surface area contributed by atoms with Crippen LogP contribution in [0.2, 0.25) is 0 Å². The number of carbonyl (C=O) groups excluding carboxylic acids is 1. The second-order valence-corrected chi connectivity index (χ2v) is 12.9. The van der Waals surface area contributed by atoms with E-state index in [1.807, 2.05) is 11.0 Å². The quantitative estimate of drug-likeness (QED) is 0.201. The van der Waals surface area contributed by atoms with Gasteiger partial charge in [0.25, 0.3) is 5.91 Å². The van der Waals surface area contributed by atoms with Gasteiger partial charge in [-0.1, -0.05) is 31.2 Å². The Bertz CT molecular complexity index is 1630. The lowest BCUT2D eigenvalue weighted by molar-refractivity contribution is -0.274. The van der Waals surface area contributed by atoms with E-state index in [1.165, 1.54) is 43.3 Å². The Kier molecular flexibility index (Phi) is 11.8. The van der Waals surface area contributed by atoms with Gasteiger partial charge in [-0.2, -0.15) is 14.0 Å². The van der Waals surface area contributed by atoms with Crippen LogP contribution in [0.1, 0.15) is 47.3 Å². The minimum Gasteiger partial charge on any atom is -0.406 e. The minimum atomic E-state index is -4.81. The molecule has 1 saturated heterocycles. The summed E-state index contributed by atoms with van der Waals surface area (Å²) in [6, 6.07) is 18.4. The van der Waals surface area contributed by atoms with E-state index in [9.17, 15) is 40.4 Å². The molecule has 1 aliphatic heterocycles. The van der Waals surface area contributed by atoms with Crippen LogP contribution in [0.5, 0.6) is 5.75 Å². The van der Waals surface area contributed by atoms with Crippen molar-refractivity contribution >= 4 is 21.4 Å². The number of benzene rings is 3. The van der Waals surface area contributed by atoms with Crippen molar-refractivity contribution in [3.8, 4) is 11.8 Å². The SMILES string of the molecule is CCS(=O)(=O)c1ccc([C@H](CC#N)NC(=O)c2ccc(N3CC(OCc4ccc(OC(F)(F)F)cc4)C[C@H]3COC(F)F)cc2)cc1. The summed E-state index contributed by atoms with van der Waals surface area (Å²) in [6.45, 7) is -1.38. The fourth-order valence-corrected chi connectivity index (χ4v) is 6.00. The van der Waals surface area contributed by atoms with E-state index >= 15 is 0 Å². The molecule has 3 atom stereocenters. The monoisotopic (exact) mass is 681 g/mol. The van der Waals surface area contributed by atoms with E-state index in [-0.39, 0.29) is 41.6 Å². The summed E-state index contributed by atoms with van der Waals surface area (Å²) in [7, 11) is -3.41. The number of nitrogens with zero attached hydrogens (tertiary/aromatic N) is 2. The second kappa shape index (κ2) is 15.6. The molecular weight excluding hydrogens is 649 g/mol. The number of nitrogens with one attached hydrogen (secondary N) is 1. The first-order valence-electron chi connectivity index (χ1n) is 14.5. The molecule has 15 heteroatoms. The van der Waals surface area contributed by atoms with Crippen LogP contribution in [0.25, 0.3) is 0 Å². The maximum atomic E-state index is 13.1. The first kappa shape index (κ1) is 35.6. The fourth-order valence-electron chi connectivity index (χ4n) is 5.12. The average Bonchev–Trinajstić information content (AvgIpc) is 3.45. The Labute approximate surface area is 268 Å². The van der Waals surface area contributed by atoms with Crippen LogP contribution in [0.15, 0.2) is 77.7 Å². The number of anilines is 1. The highest BCUT2D eigenvalue weighted by atomic mass is 32.2. The topological polar surface area (TPSA) is 118 Å². The van der Waals surface area contributed by atoms with Crippen molar-refractivity contribution in [2.75, 3.05) is 23.8 Å². The van der Waals surface area contributed by atoms with Crippen molar-refractivity contribution in [2.45, 2.75) is 62.4 Å². The summed E-state index contributed by atoms with van der Waals surface area (Å²) >= 11 is 0. The number of halogens is 5. The van der Waals surface area contributed by atoms with E-state index in [0.29, 0.717) is 29.8 Å². The van der Waals surface area contributed by atoms with Gasteiger partial charge in [0, 0.05) is 17.8 Å². The van der Waals surface area contributed by atoms with Gasteiger partial charge in [0.05, 0.1) is 54.5 Å². The number of ether oxygens (including phenoxy) is 3. The summed E-state index contributed by atoms with van der Waals surface area (Å²) in [4.78, 5) is 15.1. The van der Waals surface area contributed by atoms with Gasteiger partial charge < -0.3 is 24.4 Å². The minimum absolute atomic E-state index is 0.0594. The lowest BCUT2D eigenvalue weighted by atomic mass is 10.0. The summed E-state index contributed by atoms with van der Waals surface area (Å²) < 4.78 is 102. The largest absolute Gasteiger partial charge is 0.573 e. The number of hydrogen-bond donors (Lipinski definition) is 1. The highest BCUT2D eigenvalue weighted by molar-refractivity contribution is 7.91. The Morgan fingerprint density at radius 1 is 1.04 bits per heavy atom. The van der Waals surface area contributed by atoms with Crippen molar-refractivity contribution in [1.82, 2.24) is 5.32 Å². The zero-order valence-corrected chi connectivity index (χ0v) is 25.9. The van der Waals surface area contributed by atoms with Crippen molar-refractivity contribution < 1.29 is 49.4 Å². The van der Waals surface area contributed by atoms with E-state index in [1.54, 1.807) is 36.4 Å². The van der Waals surface area contributed by atoms with Gasteiger partial charge >= 0.3 is 13.0 Å². The molecule has 3 aromatic rings. The Hall–Kier alpha value is -4.26.